The number of halogens is 2. The van der Waals surface area contributed by atoms with Crippen molar-refractivity contribution in [2.24, 2.45) is 0 Å². The maximum Gasteiger partial charge on any atom is 0.277 e. The maximum absolute atomic E-state index is 14.1. The van der Waals surface area contributed by atoms with Gasteiger partial charge in [-0.1, -0.05) is 29.8 Å². The molecule has 3 aromatic carbocycles. The van der Waals surface area contributed by atoms with Crippen molar-refractivity contribution in [1.82, 2.24) is 14.1 Å². The molecular formula is C27H23ClFN3O3. The molecule has 0 amide bonds. The molecule has 8 heteroatoms. The fourth-order valence-electron chi connectivity index (χ4n) is 4.40. The first-order valence-electron chi connectivity index (χ1n) is 11.1. The van der Waals surface area contributed by atoms with Gasteiger partial charge in [-0.3, -0.25) is 9.36 Å². The van der Waals surface area contributed by atoms with Gasteiger partial charge in [-0.15, -0.1) is 0 Å². The average molecular weight is 492 g/mol. The van der Waals surface area contributed by atoms with E-state index in [1.165, 1.54) is 18.5 Å². The molecule has 2 heterocycles. The Labute approximate surface area is 206 Å². The Balaban J connectivity index is 1.58. The van der Waals surface area contributed by atoms with Gasteiger partial charge in [0, 0.05) is 23.5 Å². The SMILES string of the molecule is COc1ccc(CCn2cnc3c4cc(F)ccc4n(Cc4cccc(Cl)c4)c3c2=O)cc1OC. The van der Waals surface area contributed by atoms with E-state index in [-0.39, 0.29) is 11.4 Å². The van der Waals surface area contributed by atoms with Crippen LogP contribution >= 0.6 is 11.6 Å². The van der Waals surface area contributed by atoms with E-state index >= 15 is 0 Å². The van der Waals surface area contributed by atoms with Gasteiger partial charge in [0.05, 0.1) is 26.1 Å². The van der Waals surface area contributed by atoms with Gasteiger partial charge in [-0.25, -0.2) is 9.37 Å². The highest BCUT2D eigenvalue weighted by Crippen LogP contribution is 2.29. The zero-order valence-corrected chi connectivity index (χ0v) is 20.1. The quantitative estimate of drug-likeness (QED) is 0.304. The summed E-state index contributed by atoms with van der Waals surface area (Å²) in [5, 5.41) is 1.21. The highest BCUT2D eigenvalue weighted by molar-refractivity contribution is 6.30. The van der Waals surface area contributed by atoms with E-state index in [0.717, 1.165) is 16.6 Å². The van der Waals surface area contributed by atoms with Gasteiger partial charge >= 0.3 is 0 Å². The van der Waals surface area contributed by atoms with E-state index in [4.69, 9.17) is 21.1 Å². The molecule has 6 nitrogen and oxygen atoms in total. The Hall–Kier alpha value is -3.84. The summed E-state index contributed by atoms with van der Waals surface area (Å²) in [6.45, 7) is 0.827. The van der Waals surface area contributed by atoms with Crippen LogP contribution in [0.3, 0.4) is 0 Å². The van der Waals surface area contributed by atoms with Crippen LogP contribution in [0.2, 0.25) is 5.02 Å². The van der Waals surface area contributed by atoms with Crippen molar-refractivity contribution >= 4 is 33.5 Å². The van der Waals surface area contributed by atoms with E-state index in [0.29, 0.717) is 52.5 Å². The summed E-state index contributed by atoms with van der Waals surface area (Å²) < 4.78 is 28.3. The molecule has 0 bridgehead atoms. The van der Waals surface area contributed by atoms with Crippen LogP contribution in [0.1, 0.15) is 11.1 Å². The standard InChI is InChI=1S/C27H23ClFN3O3/c1-34-23-9-6-17(13-24(23)35-2)10-11-31-16-30-25-21-14-20(29)7-8-22(21)32(26(25)27(31)33)15-18-4-3-5-19(28)12-18/h3-9,12-14,16H,10-11,15H2,1-2H3. The first-order valence-corrected chi connectivity index (χ1v) is 11.5. The molecule has 0 fully saturated rings. The minimum absolute atomic E-state index is 0.186. The zero-order valence-electron chi connectivity index (χ0n) is 19.3. The lowest BCUT2D eigenvalue weighted by Crippen LogP contribution is -2.23. The maximum atomic E-state index is 14.1. The number of ether oxygens (including phenoxy) is 2. The van der Waals surface area contributed by atoms with Crippen molar-refractivity contribution < 1.29 is 13.9 Å². The van der Waals surface area contributed by atoms with Crippen LogP contribution in [0.25, 0.3) is 21.9 Å². The molecule has 0 N–H and O–H groups in total. The van der Waals surface area contributed by atoms with Gasteiger partial charge in [0.25, 0.3) is 5.56 Å². The largest absolute Gasteiger partial charge is 0.493 e. The van der Waals surface area contributed by atoms with Gasteiger partial charge in [-0.2, -0.15) is 0 Å². The number of nitrogens with zero attached hydrogens (tertiary/aromatic N) is 3. The third-order valence-electron chi connectivity index (χ3n) is 6.11. The highest BCUT2D eigenvalue weighted by Gasteiger charge is 2.18. The van der Waals surface area contributed by atoms with Crippen molar-refractivity contribution in [3.63, 3.8) is 0 Å². The van der Waals surface area contributed by atoms with Gasteiger partial charge in [0.2, 0.25) is 0 Å². The second-order valence-corrected chi connectivity index (χ2v) is 8.69. The molecule has 0 saturated carbocycles. The van der Waals surface area contributed by atoms with Crippen LogP contribution in [0.4, 0.5) is 4.39 Å². The van der Waals surface area contributed by atoms with Crippen LogP contribution in [-0.2, 0) is 19.5 Å². The molecule has 0 atom stereocenters. The first-order chi connectivity index (χ1) is 17.0. The molecule has 5 rings (SSSR count). The minimum atomic E-state index is -0.376. The second kappa shape index (κ2) is 9.43. The van der Waals surface area contributed by atoms with Gasteiger partial charge in [0.1, 0.15) is 16.9 Å². The predicted octanol–water partition coefficient (Wildman–Crippen LogP) is 5.45. The number of fused-ring (bicyclic) bond motifs is 3. The topological polar surface area (TPSA) is 58.3 Å². The van der Waals surface area contributed by atoms with Crippen molar-refractivity contribution in [2.75, 3.05) is 14.2 Å². The van der Waals surface area contributed by atoms with E-state index in [1.807, 2.05) is 41.0 Å². The Morgan fingerprint density at radius 1 is 0.971 bits per heavy atom. The van der Waals surface area contributed by atoms with Crippen LogP contribution in [-0.4, -0.2) is 28.3 Å². The van der Waals surface area contributed by atoms with Crippen LogP contribution < -0.4 is 15.0 Å². The Morgan fingerprint density at radius 2 is 1.80 bits per heavy atom. The fraction of sp³-hybridized carbons (Fsp3) is 0.185. The molecule has 0 unspecified atom stereocenters. The molecule has 0 aliphatic rings. The smallest absolute Gasteiger partial charge is 0.277 e. The lowest BCUT2D eigenvalue weighted by atomic mass is 10.1. The molecular weight excluding hydrogens is 469 g/mol. The number of aromatic nitrogens is 3. The van der Waals surface area contributed by atoms with Crippen molar-refractivity contribution in [3.05, 3.63) is 99.3 Å². The molecule has 0 spiro atoms. The number of rotatable bonds is 7. The monoisotopic (exact) mass is 491 g/mol. The number of benzene rings is 3. The summed E-state index contributed by atoms with van der Waals surface area (Å²) in [5.41, 5.74) is 3.39. The summed E-state index contributed by atoms with van der Waals surface area (Å²) in [5.74, 6) is 0.905. The summed E-state index contributed by atoms with van der Waals surface area (Å²) in [6, 6.07) is 17.7. The minimum Gasteiger partial charge on any atom is -0.493 e. The molecule has 0 saturated heterocycles. The van der Waals surface area contributed by atoms with Crippen molar-refractivity contribution in [3.8, 4) is 11.5 Å². The van der Waals surface area contributed by atoms with E-state index in [9.17, 15) is 9.18 Å². The molecule has 0 radical (unpaired) electrons. The average Bonchev–Trinajstić information content (AvgIpc) is 3.16. The second-order valence-electron chi connectivity index (χ2n) is 8.26. The Kier molecular flexibility index (Phi) is 6.17. The normalized spacial score (nSPS) is 11.3. The molecule has 35 heavy (non-hydrogen) atoms. The van der Waals surface area contributed by atoms with Gasteiger partial charge in [-0.05, 0) is 60.0 Å². The summed E-state index contributed by atoms with van der Waals surface area (Å²) >= 11 is 6.19. The Morgan fingerprint density at radius 3 is 2.57 bits per heavy atom. The zero-order chi connectivity index (χ0) is 24.5. The lowest BCUT2D eigenvalue weighted by Gasteiger charge is -2.11. The molecule has 178 valence electrons. The third-order valence-corrected chi connectivity index (χ3v) is 6.34. The third kappa shape index (κ3) is 4.35. The summed E-state index contributed by atoms with van der Waals surface area (Å²) in [7, 11) is 3.18. The number of hydrogen-bond acceptors (Lipinski definition) is 4. The summed E-state index contributed by atoms with van der Waals surface area (Å²) in [4.78, 5) is 18.2. The van der Waals surface area contributed by atoms with E-state index in [2.05, 4.69) is 4.98 Å². The molecule has 2 aromatic heterocycles. The van der Waals surface area contributed by atoms with E-state index < -0.39 is 0 Å². The number of methoxy groups -OCH3 is 2. The number of aryl methyl sites for hydroxylation is 2. The van der Waals surface area contributed by atoms with E-state index in [1.54, 1.807) is 30.9 Å². The molecule has 0 aliphatic heterocycles. The predicted molar refractivity (Wildman–Crippen MR) is 135 cm³/mol. The molecule has 0 aliphatic carbocycles. The van der Waals surface area contributed by atoms with Crippen molar-refractivity contribution in [2.45, 2.75) is 19.5 Å². The first kappa shape index (κ1) is 22.9. The highest BCUT2D eigenvalue weighted by atomic mass is 35.5. The van der Waals surface area contributed by atoms with Crippen LogP contribution in [0, 0.1) is 5.82 Å². The van der Waals surface area contributed by atoms with Gasteiger partial charge < -0.3 is 14.0 Å². The fourth-order valence-corrected chi connectivity index (χ4v) is 4.61. The Bertz CT molecular complexity index is 1610. The molecule has 5 aromatic rings. The van der Waals surface area contributed by atoms with Crippen LogP contribution in [0.15, 0.2) is 71.8 Å². The van der Waals surface area contributed by atoms with Crippen molar-refractivity contribution in [1.29, 1.82) is 0 Å². The number of hydrogen-bond donors (Lipinski definition) is 0. The van der Waals surface area contributed by atoms with Gasteiger partial charge in [0.15, 0.2) is 11.5 Å². The summed E-state index contributed by atoms with van der Waals surface area (Å²) in [6.07, 6.45) is 2.12. The lowest BCUT2D eigenvalue weighted by molar-refractivity contribution is 0.354. The van der Waals surface area contributed by atoms with Crippen LogP contribution in [0.5, 0.6) is 11.5 Å².